The first kappa shape index (κ1) is 10.8. The van der Waals surface area contributed by atoms with Crippen molar-refractivity contribution in [2.45, 2.75) is 0 Å². The lowest BCUT2D eigenvalue weighted by atomic mass is 10.3. The third-order valence-corrected chi connectivity index (χ3v) is 1.66. The summed E-state index contributed by atoms with van der Waals surface area (Å²) in [4.78, 5) is 4.91. The second kappa shape index (κ2) is 6.23. The molecule has 0 unspecified atom stereocenters. The molecular formula is C10H15NO3. The molecule has 4 heteroatoms. The predicted octanol–water partition coefficient (Wildman–Crippen LogP) is 1.22. The molecule has 1 rings (SSSR count). The number of rotatable bonds is 6. The molecule has 0 aliphatic rings. The van der Waals surface area contributed by atoms with Crippen molar-refractivity contribution in [1.82, 2.24) is 5.48 Å². The van der Waals surface area contributed by atoms with Gasteiger partial charge in [0.05, 0.1) is 7.11 Å². The molecule has 0 saturated heterocycles. The molecule has 78 valence electrons. The highest BCUT2D eigenvalue weighted by atomic mass is 16.7. The molecule has 0 atom stereocenters. The van der Waals surface area contributed by atoms with Gasteiger partial charge in [-0.05, 0) is 12.1 Å². The van der Waals surface area contributed by atoms with Crippen molar-refractivity contribution in [3.8, 4) is 11.5 Å². The molecule has 4 nitrogen and oxygen atoms in total. The van der Waals surface area contributed by atoms with Gasteiger partial charge < -0.3 is 9.47 Å². The lowest BCUT2D eigenvalue weighted by molar-refractivity contribution is 0.0362. The van der Waals surface area contributed by atoms with E-state index in [4.69, 9.17) is 14.3 Å². The van der Waals surface area contributed by atoms with Gasteiger partial charge in [0, 0.05) is 7.05 Å². The van der Waals surface area contributed by atoms with E-state index in [-0.39, 0.29) is 0 Å². The summed E-state index contributed by atoms with van der Waals surface area (Å²) in [6, 6.07) is 7.51. The van der Waals surface area contributed by atoms with Gasteiger partial charge in [0.25, 0.3) is 0 Å². The molecular weight excluding hydrogens is 182 g/mol. The average molecular weight is 197 g/mol. The van der Waals surface area contributed by atoms with Gasteiger partial charge in [-0.2, -0.15) is 0 Å². The third kappa shape index (κ3) is 3.24. The molecule has 0 fully saturated rings. The number of ether oxygens (including phenoxy) is 2. The van der Waals surface area contributed by atoms with Crippen LogP contribution in [-0.4, -0.2) is 27.4 Å². The van der Waals surface area contributed by atoms with Crippen LogP contribution in [0, 0.1) is 0 Å². The highest BCUT2D eigenvalue weighted by Gasteiger charge is 2.01. The Hall–Kier alpha value is -1.26. The first-order valence-corrected chi connectivity index (χ1v) is 4.43. The van der Waals surface area contributed by atoms with E-state index >= 15 is 0 Å². The van der Waals surface area contributed by atoms with Gasteiger partial charge in [0.1, 0.15) is 13.2 Å². The number of benzene rings is 1. The lowest BCUT2D eigenvalue weighted by Crippen LogP contribution is -2.14. The lowest BCUT2D eigenvalue weighted by Gasteiger charge is -2.09. The third-order valence-electron chi connectivity index (χ3n) is 1.66. The van der Waals surface area contributed by atoms with Gasteiger partial charge in [-0.3, -0.25) is 4.84 Å². The molecule has 0 aliphatic carbocycles. The molecule has 0 amide bonds. The van der Waals surface area contributed by atoms with E-state index in [1.807, 2.05) is 24.3 Å². The van der Waals surface area contributed by atoms with Crippen LogP contribution in [0.1, 0.15) is 0 Å². The second-order valence-corrected chi connectivity index (χ2v) is 2.55. The molecule has 0 radical (unpaired) electrons. The summed E-state index contributed by atoms with van der Waals surface area (Å²) in [6.45, 7) is 0.982. The maximum Gasteiger partial charge on any atom is 0.161 e. The van der Waals surface area contributed by atoms with Gasteiger partial charge in [-0.1, -0.05) is 12.1 Å². The van der Waals surface area contributed by atoms with Crippen LogP contribution in [0.15, 0.2) is 24.3 Å². The van der Waals surface area contributed by atoms with Crippen LogP contribution >= 0.6 is 0 Å². The molecule has 0 spiro atoms. The number of methoxy groups -OCH3 is 1. The zero-order chi connectivity index (χ0) is 10.2. The van der Waals surface area contributed by atoms with Crippen molar-refractivity contribution < 1.29 is 14.3 Å². The molecule has 0 saturated carbocycles. The Kier molecular flexibility index (Phi) is 4.82. The topological polar surface area (TPSA) is 39.7 Å². The normalized spacial score (nSPS) is 9.86. The minimum atomic E-state index is 0.487. The van der Waals surface area contributed by atoms with Crippen LogP contribution in [0.4, 0.5) is 0 Å². The van der Waals surface area contributed by atoms with Crippen molar-refractivity contribution in [2.75, 3.05) is 27.4 Å². The van der Waals surface area contributed by atoms with Crippen LogP contribution in [0.3, 0.4) is 0 Å². The van der Waals surface area contributed by atoms with Gasteiger partial charge in [0.2, 0.25) is 0 Å². The summed E-state index contributed by atoms with van der Waals surface area (Å²) in [6.07, 6.45) is 0. The fraction of sp³-hybridized carbons (Fsp3) is 0.400. The molecule has 1 N–H and O–H groups in total. The Morgan fingerprint density at radius 2 is 1.86 bits per heavy atom. The Labute approximate surface area is 83.7 Å². The first-order valence-electron chi connectivity index (χ1n) is 4.43. The van der Waals surface area contributed by atoms with Gasteiger partial charge in [0.15, 0.2) is 11.5 Å². The number of nitrogens with one attached hydrogen (secondary N) is 1. The number of hydroxylamine groups is 1. The first-order chi connectivity index (χ1) is 6.88. The number of hydrogen-bond donors (Lipinski definition) is 1. The molecule has 1 aromatic carbocycles. The highest BCUT2D eigenvalue weighted by molar-refractivity contribution is 5.39. The standard InChI is InChI=1S/C10H15NO3/c1-11-14-8-7-13-10-6-4-3-5-9(10)12-2/h3-6,11H,7-8H2,1-2H3. The average Bonchev–Trinajstić information content (AvgIpc) is 2.25. The van der Waals surface area contributed by atoms with E-state index in [9.17, 15) is 0 Å². The molecule has 14 heavy (non-hydrogen) atoms. The SMILES string of the molecule is CNOCCOc1ccccc1OC. The van der Waals surface area contributed by atoms with Gasteiger partial charge >= 0.3 is 0 Å². The molecule has 0 aliphatic heterocycles. The van der Waals surface area contributed by atoms with Crippen LogP contribution < -0.4 is 15.0 Å². The fourth-order valence-electron chi connectivity index (χ4n) is 1.03. The summed E-state index contributed by atoms with van der Waals surface area (Å²) < 4.78 is 10.6. The van der Waals surface area contributed by atoms with Crippen molar-refractivity contribution >= 4 is 0 Å². The Bertz CT molecular complexity index is 265. The Morgan fingerprint density at radius 1 is 1.14 bits per heavy atom. The van der Waals surface area contributed by atoms with E-state index in [1.165, 1.54) is 0 Å². The smallest absolute Gasteiger partial charge is 0.161 e. The van der Waals surface area contributed by atoms with Crippen molar-refractivity contribution in [2.24, 2.45) is 0 Å². The Balaban J connectivity index is 2.41. The summed E-state index contributed by atoms with van der Waals surface area (Å²) in [5.41, 5.74) is 2.57. The van der Waals surface area contributed by atoms with E-state index in [0.29, 0.717) is 13.2 Å². The predicted molar refractivity (Wildman–Crippen MR) is 53.5 cm³/mol. The maximum atomic E-state index is 5.44. The monoisotopic (exact) mass is 197 g/mol. The largest absolute Gasteiger partial charge is 0.493 e. The molecule has 1 aromatic rings. The summed E-state index contributed by atoms with van der Waals surface area (Å²) >= 11 is 0. The minimum Gasteiger partial charge on any atom is -0.493 e. The van der Waals surface area contributed by atoms with E-state index < -0.39 is 0 Å². The summed E-state index contributed by atoms with van der Waals surface area (Å²) in [7, 11) is 3.33. The van der Waals surface area contributed by atoms with Crippen LogP contribution in [0.5, 0.6) is 11.5 Å². The van der Waals surface area contributed by atoms with Gasteiger partial charge in [-0.25, -0.2) is 5.48 Å². The van der Waals surface area contributed by atoms with Gasteiger partial charge in [-0.15, -0.1) is 0 Å². The molecule has 0 bridgehead atoms. The Morgan fingerprint density at radius 3 is 2.50 bits per heavy atom. The van der Waals surface area contributed by atoms with Crippen LogP contribution in [0.25, 0.3) is 0 Å². The maximum absolute atomic E-state index is 5.44. The van der Waals surface area contributed by atoms with Crippen LogP contribution in [-0.2, 0) is 4.84 Å². The summed E-state index contributed by atoms with van der Waals surface area (Å²) in [5.74, 6) is 1.46. The van der Waals surface area contributed by atoms with Crippen molar-refractivity contribution in [3.63, 3.8) is 0 Å². The number of hydrogen-bond acceptors (Lipinski definition) is 4. The van der Waals surface area contributed by atoms with Crippen molar-refractivity contribution in [1.29, 1.82) is 0 Å². The number of para-hydroxylation sites is 2. The van der Waals surface area contributed by atoms with Crippen molar-refractivity contribution in [3.05, 3.63) is 24.3 Å². The zero-order valence-electron chi connectivity index (χ0n) is 8.45. The highest BCUT2D eigenvalue weighted by Crippen LogP contribution is 2.25. The minimum absolute atomic E-state index is 0.487. The zero-order valence-corrected chi connectivity index (χ0v) is 8.45. The van der Waals surface area contributed by atoms with Crippen LogP contribution in [0.2, 0.25) is 0 Å². The van der Waals surface area contributed by atoms with E-state index in [1.54, 1.807) is 14.2 Å². The molecule has 0 heterocycles. The molecule has 0 aromatic heterocycles. The fourth-order valence-corrected chi connectivity index (χ4v) is 1.03. The quantitative estimate of drug-likeness (QED) is 0.550. The summed E-state index contributed by atoms with van der Waals surface area (Å²) in [5, 5.41) is 0. The van der Waals surface area contributed by atoms with E-state index in [0.717, 1.165) is 11.5 Å². The van der Waals surface area contributed by atoms with E-state index in [2.05, 4.69) is 5.48 Å². The second-order valence-electron chi connectivity index (χ2n) is 2.55.